The van der Waals surface area contributed by atoms with Crippen molar-refractivity contribution >= 4 is 22.5 Å². The summed E-state index contributed by atoms with van der Waals surface area (Å²) in [6, 6.07) is 26.1. The summed E-state index contributed by atoms with van der Waals surface area (Å²) in [4.78, 5) is 13.0. The summed E-state index contributed by atoms with van der Waals surface area (Å²) < 4.78 is 56.2. The molecule has 0 radical (unpaired) electrons. The Morgan fingerprint density at radius 2 is 1.46 bits per heavy atom. The summed E-state index contributed by atoms with van der Waals surface area (Å²) in [5.41, 5.74) is 3.18. The fourth-order valence-electron chi connectivity index (χ4n) is 3.69. The fourth-order valence-corrected chi connectivity index (χ4v) is 4.73. The maximum atomic E-state index is 13.8. The molecule has 0 heterocycles. The smallest absolute Gasteiger partial charge is 0.194 e. The number of aryl methyl sites for hydroxylation is 1. The zero-order valence-corrected chi connectivity index (χ0v) is 19.5. The second-order valence-corrected chi connectivity index (χ2v) is 9.16. The predicted octanol–water partition coefficient (Wildman–Crippen LogP) is 6.65. The van der Waals surface area contributed by atoms with Crippen LogP contribution in [0.1, 0.15) is 17.5 Å². The third-order valence-corrected chi connectivity index (χ3v) is 6.70. The molecule has 0 aromatic heterocycles. The van der Waals surface area contributed by atoms with E-state index in [2.05, 4.69) is 4.72 Å². The first-order valence-corrected chi connectivity index (χ1v) is 12.1. The SMILES string of the molecule is O=C(CCc1ccc(F)c(F)c1F)Cc1ccc(NS(=O)c2ccccc2-c2ccccc2)cc1. The average molecular weight is 494 g/mol. The first kappa shape index (κ1) is 24.4. The molecule has 4 aromatic carbocycles. The summed E-state index contributed by atoms with van der Waals surface area (Å²) in [5, 5.41) is 0. The van der Waals surface area contributed by atoms with Crippen molar-refractivity contribution in [1.29, 1.82) is 0 Å². The lowest BCUT2D eigenvalue weighted by Crippen LogP contribution is -2.08. The van der Waals surface area contributed by atoms with E-state index in [0.717, 1.165) is 28.8 Å². The van der Waals surface area contributed by atoms with Gasteiger partial charge in [0.2, 0.25) is 0 Å². The quantitative estimate of drug-likeness (QED) is 0.265. The fraction of sp³-hybridized carbons (Fsp3) is 0.107. The van der Waals surface area contributed by atoms with Crippen molar-refractivity contribution < 1.29 is 22.2 Å². The van der Waals surface area contributed by atoms with Gasteiger partial charge in [0.05, 0.1) is 4.90 Å². The number of halogens is 3. The number of ketones is 1. The Hall–Kier alpha value is -3.71. The number of anilines is 1. The lowest BCUT2D eigenvalue weighted by molar-refractivity contribution is -0.118. The van der Waals surface area contributed by atoms with Crippen molar-refractivity contribution in [3.05, 3.63) is 120 Å². The van der Waals surface area contributed by atoms with Gasteiger partial charge in [-0.1, -0.05) is 66.7 Å². The van der Waals surface area contributed by atoms with Crippen molar-refractivity contribution in [2.45, 2.75) is 24.2 Å². The molecule has 0 aliphatic carbocycles. The largest absolute Gasteiger partial charge is 0.301 e. The lowest BCUT2D eigenvalue weighted by atomic mass is 10.0. The van der Waals surface area contributed by atoms with E-state index < -0.39 is 28.4 Å². The molecule has 0 spiro atoms. The number of hydrogen-bond acceptors (Lipinski definition) is 2. The van der Waals surface area contributed by atoms with E-state index in [-0.39, 0.29) is 30.6 Å². The van der Waals surface area contributed by atoms with E-state index in [0.29, 0.717) is 10.6 Å². The molecule has 0 aliphatic heterocycles. The number of hydrogen-bond donors (Lipinski definition) is 1. The molecule has 4 rings (SSSR count). The number of rotatable bonds is 9. The molecule has 0 saturated carbocycles. The van der Waals surface area contributed by atoms with Crippen LogP contribution < -0.4 is 4.72 Å². The average Bonchev–Trinajstić information content (AvgIpc) is 2.88. The second-order valence-electron chi connectivity index (χ2n) is 7.98. The molecule has 4 aromatic rings. The van der Waals surface area contributed by atoms with Crippen molar-refractivity contribution in [3.8, 4) is 11.1 Å². The van der Waals surface area contributed by atoms with Gasteiger partial charge in [0, 0.05) is 18.5 Å². The number of benzene rings is 4. The molecule has 1 N–H and O–H groups in total. The highest BCUT2D eigenvalue weighted by molar-refractivity contribution is 7.86. The van der Waals surface area contributed by atoms with Crippen molar-refractivity contribution in [3.63, 3.8) is 0 Å². The summed E-state index contributed by atoms with van der Waals surface area (Å²) >= 11 is 0. The number of nitrogens with one attached hydrogen (secondary N) is 1. The van der Waals surface area contributed by atoms with Gasteiger partial charge in [0.15, 0.2) is 28.4 Å². The molecular weight excluding hydrogens is 471 g/mol. The lowest BCUT2D eigenvalue weighted by Gasteiger charge is -2.11. The zero-order chi connectivity index (χ0) is 24.8. The maximum Gasteiger partial charge on any atom is 0.194 e. The van der Waals surface area contributed by atoms with Crippen LogP contribution in [0, 0.1) is 17.5 Å². The van der Waals surface area contributed by atoms with Crippen LogP contribution in [-0.2, 0) is 28.6 Å². The normalized spacial score (nSPS) is 11.7. The Morgan fingerprint density at radius 1 is 0.771 bits per heavy atom. The minimum atomic E-state index is -1.53. The Morgan fingerprint density at radius 3 is 2.20 bits per heavy atom. The second kappa shape index (κ2) is 11.1. The third kappa shape index (κ3) is 6.05. The van der Waals surface area contributed by atoms with E-state index in [1.165, 1.54) is 0 Å². The van der Waals surface area contributed by atoms with Crippen LogP contribution in [0.3, 0.4) is 0 Å². The van der Waals surface area contributed by atoms with Gasteiger partial charge in [-0.25, -0.2) is 17.4 Å². The van der Waals surface area contributed by atoms with Gasteiger partial charge in [-0.05, 0) is 52.9 Å². The summed E-state index contributed by atoms with van der Waals surface area (Å²) in [6.45, 7) is 0. The molecule has 0 amide bonds. The van der Waals surface area contributed by atoms with Crippen molar-refractivity contribution in [2.24, 2.45) is 0 Å². The van der Waals surface area contributed by atoms with E-state index in [9.17, 15) is 22.2 Å². The highest BCUT2D eigenvalue weighted by atomic mass is 32.2. The van der Waals surface area contributed by atoms with Crippen LogP contribution >= 0.6 is 0 Å². The highest BCUT2D eigenvalue weighted by Crippen LogP contribution is 2.27. The first-order chi connectivity index (χ1) is 16.9. The van der Waals surface area contributed by atoms with Crippen LogP contribution in [0.4, 0.5) is 18.9 Å². The molecule has 7 heteroatoms. The monoisotopic (exact) mass is 493 g/mol. The first-order valence-electron chi connectivity index (χ1n) is 11.0. The Labute approximate surface area is 204 Å². The summed E-state index contributed by atoms with van der Waals surface area (Å²) in [5.74, 6) is -4.19. The molecule has 0 aliphatic rings. The molecule has 0 saturated heterocycles. The highest BCUT2D eigenvalue weighted by Gasteiger charge is 2.15. The van der Waals surface area contributed by atoms with Gasteiger partial charge in [0.25, 0.3) is 0 Å². The molecule has 178 valence electrons. The van der Waals surface area contributed by atoms with Crippen molar-refractivity contribution in [1.82, 2.24) is 0 Å². The number of carbonyl (C=O) groups excluding carboxylic acids is 1. The summed E-state index contributed by atoms with van der Waals surface area (Å²) in [6.07, 6.45) is 0.106. The van der Waals surface area contributed by atoms with Gasteiger partial charge in [-0.3, -0.25) is 4.79 Å². The van der Waals surface area contributed by atoms with E-state index in [1.807, 2.05) is 54.6 Å². The third-order valence-electron chi connectivity index (χ3n) is 5.53. The van der Waals surface area contributed by atoms with E-state index in [4.69, 9.17) is 0 Å². The molecule has 35 heavy (non-hydrogen) atoms. The molecule has 3 nitrogen and oxygen atoms in total. The Kier molecular flexibility index (Phi) is 7.77. The van der Waals surface area contributed by atoms with Gasteiger partial charge < -0.3 is 4.72 Å². The van der Waals surface area contributed by atoms with Crippen LogP contribution in [0.15, 0.2) is 95.9 Å². The van der Waals surface area contributed by atoms with Crippen LogP contribution in [0.2, 0.25) is 0 Å². The molecular formula is C28H22F3NO2S. The minimum absolute atomic E-state index is 0.00226. The van der Waals surface area contributed by atoms with Gasteiger partial charge in [0.1, 0.15) is 5.78 Å². The Bertz CT molecular complexity index is 1360. The van der Waals surface area contributed by atoms with Gasteiger partial charge >= 0.3 is 0 Å². The molecule has 1 unspecified atom stereocenters. The van der Waals surface area contributed by atoms with Crippen LogP contribution in [0.5, 0.6) is 0 Å². The standard InChI is InChI=1S/C28H22F3NO2S/c29-25-17-13-21(27(30)28(25)31)12-16-23(33)18-19-10-14-22(15-11-19)32-35(34)26-9-5-4-8-24(26)20-6-2-1-3-7-20/h1-11,13-15,17,32H,12,16,18H2. The number of carbonyl (C=O) groups is 1. The van der Waals surface area contributed by atoms with E-state index in [1.54, 1.807) is 24.3 Å². The zero-order valence-electron chi connectivity index (χ0n) is 18.6. The van der Waals surface area contributed by atoms with Crippen LogP contribution in [0.25, 0.3) is 11.1 Å². The maximum absolute atomic E-state index is 13.8. The van der Waals surface area contributed by atoms with E-state index >= 15 is 0 Å². The Balaban J connectivity index is 1.36. The summed E-state index contributed by atoms with van der Waals surface area (Å²) in [7, 11) is -1.50. The topological polar surface area (TPSA) is 46.2 Å². The van der Waals surface area contributed by atoms with Crippen molar-refractivity contribution in [2.75, 3.05) is 4.72 Å². The predicted molar refractivity (Wildman–Crippen MR) is 132 cm³/mol. The van der Waals surface area contributed by atoms with Crippen LogP contribution in [-0.4, -0.2) is 9.99 Å². The molecule has 0 fully saturated rings. The minimum Gasteiger partial charge on any atom is -0.301 e. The van der Waals surface area contributed by atoms with Gasteiger partial charge in [-0.2, -0.15) is 0 Å². The molecule has 0 bridgehead atoms. The molecule has 1 atom stereocenters. The van der Waals surface area contributed by atoms with Gasteiger partial charge in [-0.15, -0.1) is 0 Å². The number of Topliss-reactive ketones (excluding diaryl/α,β-unsaturated/α-hetero) is 1.